The SMILES string of the molecule is C=C1CN(c2ccc(C(C)(C)C)cn2)CCN1. The zero-order valence-electron chi connectivity index (χ0n) is 11.0. The van der Waals surface area contributed by atoms with Crippen molar-refractivity contribution in [3.05, 3.63) is 36.2 Å². The third kappa shape index (κ3) is 2.78. The van der Waals surface area contributed by atoms with Crippen molar-refractivity contribution in [1.82, 2.24) is 10.3 Å². The molecule has 2 rings (SSSR count). The molecule has 1 saturated heterocycles. The largest absolute Gasteiger partial charge is 0.386 e. The number of aromatic nitrogens is 1. The van der Waals surface area contributed by atoms with E-state index in [2.05, 4.69) is 54.7 Å². The van der Waals surface area contributed by atoms with Crippen molar-refractivity contribution >= 4 is 5.82 Å². The van der Waals surface area contributed by atoms with Crippen molar-refractivity contribution in [2.24, 2.45) is 0 Å². The molecule has 0 bridgehead atoms. The standard InChI is InChI=1S/C14H21N3/c1-11-10-17(8-7-15-11)13-6-5-12(9-16-13)14(2,3)4/h5-6,9,15H,1,7-8,10H2,2-4H3. The molecule has 0 amide bonds. The second-order valence-electron chi connectivity index (χ2n) is 5.61. The minimum atomic E-state index is 0.165. The lowest BCUT2D eigenvalue weighted by atomic mass is 9.88. The third-order valence-electron chi connectivity index (χ3n) is 3.08. The summed E-state index contributed by atoms with van der Waals surface area (Å²) in [6, 6.07) is 4.28. The smallest absolute Gasteiger partial charge is 0.128 e. The highest BCUT2D eigenvalue weighted by Crippen LogP contribution is 2.23. The first-order valence-corrected chi connectivity index (χ1v) is 6.10. The maximum Gasteiger partial charge on any atom is 0.128 e. The molecule has 0 saturated carbocycles. The molecule has 3 nitrogen and oxygen atoms in total. The van der Waals surface area contributed by atoms with Gasteiger partial charge in [-0.05, 0) is 17.0 Å². The number of rotatable bonds is 1. The number of hydrogen-bond donors (Lipinski definition) is 1. The van der Waals surface area contributed by atoms with Crippen LogP contribution in [0.25, 0.3) is 0 Å². The Morgan fingerprint density at radius 3 is 2.65 bits per heavy atom. The van der Waals surface area contributed by atoms with Crippen LogP contribution in [0.2, 0.25) is 0 Å². The molecular formula is C14H21N3. The first kappa shape index (κ1) is 12.0. The summed E-state index contributed by atoms with van der Waals surface area (Å²) in [4.78, 5) is 6.82. The summed E-state index contributed by atoms with van der Waals surface area (Å²) in [5.41, 5.74) is 2.51. The van der Waals surface area contributed by atoms with Gasteiger partial charge in [0.05, 0.1) is 6.54 Å². The van der Waals surface area contributed by atoms with Gasteiger partial charge in [-0.15, -0.1) is 0 Å². The second kappa shape index (κ2) is 4.40. The Morgan fingerprint density at radius 2 is 2.12 bits per heavy atom. The van der Waals surface area contributed by atoms with E-state index < -0.39 is 0 Å². The van der Waals surface area contributed by atoms with Gasteiger partial charge in [-0.1, -0.05) is 33.4 Å². The zero-order chi connectivity index (χ0) is 12.5. The lowest BCUT2D eigenvalue weighted by Gasteiger charge is -2.30. The van der Waals surface area contributed by atoms with Gasteiger partial charge in [0.2, 0.25) is 0 Å². The summed E-state index contributed by atoms with van der Waals surface area (Å²) >= 11 is 0. The van der Waals surface area contributed by atoms with Crippen LogP contribution in [-0.4, -0.2) is 24.6 Å². The number of pyridine rings is 1. The van der Waals surface area contributed by atoms with E-state index in [1.807, 2.05) is 6.20 Å². The molecule has 1 aromatic heterocycles. The zero-order valence-corrected chi connectivity index (χ0v) is 11.0. The molecule has 1 aromatic rings. The van der Waals surface area contributed by atoms with Gasteiger partial charge in [0.1, 0.15) is 5.82 Å². The maximum absolute atomic E-state index is 4.56. The van der Waals surface area contributed by atoms with Crippen LogP contribution in [0.5, 0.6) is 0 Å². The number of nitrogens with one attached hydrogen (secondary N) is 1. The summed E-state index contributed by atoms with van der Waals surface area (Å²) in [5.74, 6) is 1.04. The van der Waals surface area contributed by atoms with Crippen molar-refractivity contribution in [2.45, 2.75) is 26.2 Å². The second-order valence-corrected chi connectivity index (χ2v) is 5.61. The molecule has 1 fully saturated rings. The van der Waals surface area contributed by atoms with Crippen LogP contribution >= 0.6 is 0 Å². The Labute approximate surface area is 104 Å². The van der Waals surface area contributed by atoms with Crippen LogP contribution in [0.15, 0.2) is 30.6 Å². The van der Waals surface area contributed by atoms with Crippen LogP contribution < -0.4 is 10.2 Å². The highest BCUT2D eigenvalue weighted by molar-refractivity contribution is 5.42. The van der Waals surface area contributed by atoms with Gasteiger partial charge in [-0.25, -0.2) is 4.98 Å². The van der Waals surface area contributed by atoms with Crippen LogP contribution in [0.4, 0.5) is 5.82 Å². The van der Waals surface area contributed by atoms with Gasteiger partial charge in [0.15, 0.2) is 0 Å². The van der Waals surface area contributed by atoms with Crippen LogP contribution in [0, 0.1) is 0 Å². The van der Waals surface area contributed by atoms with Gasteiger partial charge >= 0.3 is 0 Å². The first-order chi connectivity index (χ1) is 7.97. The molecule has 0 spiro atoms. The van der Waals surface area contributed by atoms with Gasteiger partial charge < -0.3 is 10.2 Å². The van der Waals surface area contributed by atoms with Gasteiger partial charge in [-0.3, -0.25) is 0 Å². The van der Waals surface area contributed by atoms with E-state index in [1.54, 1.807) is 0 Å². The molecule has 1 aliphatic heterocycles. The number of nitrogens with zero attached hydrogens (tertiary/aromatic N) is 2. The van der Waals surface area contributed by atoms with E-state index in [9.17, 15) is 0 Å². The van der Waals surface area contributed by atoms with E-state index in [0.29, 0.717) is 0 Å². The van der Waals surface area contributed by atoms with Crippen molar-refractivity contribution < 1.29 is 0 Å². The first-order valence-electron chi connectivity index (χ1n) is 6.10. The Hall–Kier alpha value is -1.51. The maximum atomic E-state index is 4.56. The highest BCUT2D eigenvalue weighted by Gasteiger charge is 2.17. The summed E-state index contributed by atoms with van der Waals surface area (Å²) in [7, 11) is 0. The minimum absolute atomic E-state index is 0.165. The lowest BCUT2D eigenvalue weighted by Crippen LogP contribution is -2.42. The molecule has 92 valence electrons. The molecule has 0 aromatic carbocycles. The molecule has 3 heteroatoms. The number of piperazine rings is 1. The summed E-state index contributed by atoms with van der Waals surface area (Å²) < 4.78 is 0. The predicted molar refractivity (Wildman–Crippen MR) is 72.3 cm³/mol. The van der Waals surface area contributed by atoms with Crippen molar-refractivity contribution in [2.75, 3.05) is 24.5 Å². The molecular weight excluding hydrogens is 210 g/mol. The minimum Gasteiger partial charge on any atom is -0.386 e. The van der Waals surface area contributed by atoms with Crippen LogP contribution in [0.3, 0.4) is 0 Å². The average molecular weight is 231 g/mol. The summed E-state index contributed by atoms with van der Waals surface area (Å²) in [5, 5.41) is 3.25. The van der Waals surface area contributed by atoms with Crippen molar-refractivity contribution in [3.8, 4) is 0 Å². The van der Waals surface area contributed by atoms with Crippen LogP contribution in [-0.2, 0) is 5.41 Å². The van der Waals surface area contributed by atoms with Crippen molar-refractivity contribution in [1.29, 1.82) is 0 Å². The molecule has 0 radical (unpaired) electrons. The van der Waals surface area contributed by atoms with E-state index >= 15 is 0 Å². The molecule has 2 heterocycles. The Bertz CT molecular complexity index is 400. The lowest BCUT2D eigenvalue weighted by molar-refractivity contribution is 0.586. The highest BCUT2D eigenvalue weighted by atomic mass is 15.2. The van der Waals surface area contributed by atoms with Gasteiger partial charge in [0.25, 0.3) is 0 Å². The van der Waals surface area contributed by atoms with Gasteiger partial charge in [0, 0.05) is 25.0 Å². The van der Waals surface area contributed by atoms with E-state index in [-0.39, 0.29) is 5.41 Å². The fourth-order valence-corrected chi connectivity index (χ4v) is 1.95. The molecule has 1 N–H and O–H groups in total. The normalized spacial score (nSPS) is 16.9. The third-order valence-corrected chi connectivity index (χ3v) is 3.08. The average Bonchev–Trinajstić information content (AvgIpc) is 2.28. The van der Waals surface area contributed by atoms with E-state index in [0.717, 1.165) is 31.1 Å². The monoisotopic (exact) mass is 231 g/mol. The van der Waals surface area contributed by atoms with E-state index in [4.69, 9.17) is 0 Å². The fourth-order valence-electron chi connectivity index (χ4n) is 1.95. The molecule has 17 heavy (non-hydrogen) atoms. The summed E-state index contributed by atoms with van der Waals surface area (Å²) in [6.07, 6.45) is 1.99. The Kier molecular flexibility index (Phi) is 3.09. The number of hydrogen-bond acceptors (Lipinski definition) is 3. The van der Waals surface area contributed by atoms with Crippen LogP contribution in [0.1, 0.15) is 26.3 Å². The molecule has 0 atom stereocenters. The fraction of sp³-hybridized carbons (Fsp3) is 0.500. The quantitative estimate of drug-likeness (QED) is 0.804. The number of anilines is 1. The van der Waals surface area contributed by atoms with E-state index in [1.165, 1.54) is 5.56 Å². The molecule has 0 aliphatic carbocycles. The topological polar surface area (TPSA) is 28.2 Å². The van der Waals surface area contributed by atoms with Crippen molar-refractivity contribution in [3.63, 3.8) is 0 Å². The Balaban J connectivity index is 2.15. The molecule has 1 aliphatic rings. The predicted octanol–water partition coefficient (Wildman–Crippen LogP) is 2.30. The summed E-state index contributed by atoms with van der Waals surface area (Å²) in [6.45, 7) is 13.4. The van der Waals surface area contributed by atoms with Gasteiger partial charge in [-0.2, -0.15) is 0 Å². The molecule has 0 unspecified atom stereocenters. The Morgan fingerprint density at radius 1 is 1.35 bits per heavy atom.